The van der Waals surface area contributed by atoms with Crippen molar-refractivity contribution >= 4 is 17.9 Å². The summed E-state index contributed by atoms with van der Waals surface area (Å²) in [6, 6.07) is 0. The Bertz CT molecular complexity index is 1570. The molecule has 0 aromatic heterocycles. The van der Waals surface area contributed by atoms with E-state index in [4.69, 9.17) is 14.2 Å². The van der Waals surface area contributed by atoms with Gasteiger partial charge in [-0.1, -0.05) is 291 Å². The average Bonchev–Trinajstić information content (AvgIpc) is 3.44. The smallest absolute Gasteiger partial charge is 0.306 e. The molecular weight excluding hydrogens is 961 g/mol. The van der Waals surface area contributed by atoms with Crippen LogP contribution in [0.25, 0.3) is 0 Å². The number of carbonyl (C=O) groups excluding carboxylic acids is 3. The molecule has 0 bridgehead atoms. The van der Waals surface area contributed by atoms with Gasteiger partial charge >= 0.3 is 17.9 Å². The van der Waals surface area contributed by atoms with Crippen LogP contribution >= 0.6 is 0 Å². The molecule has 0 aliphatic heterocycles. The molecule has 78 heavy (non-hydrogen) atoms. The number of carbonyl (C=O) groups is 3. The number of allylic oxidation sites excluding steroid dienone is 18. The highest BCUT2D eigenvalue weighted by atomic mass is 16.6. The monoisotopic (exact) mass is 1080 g/mol. The van der Waals surface area contributed by atoms with Gasteiger partial charge in [-0.05, 0) is 109 Å². The van der Waals surface area contributed by atoms with E-state index in [1.54, 1.807) is 0 Å². The third-order valence-corrected chi connectivity index (χ3v) is 14.0. The summed E-state index contributed by atoms with van der Waals surface area (Å²) in [4.78, 5) is 38.3. The van der Waals surface area contributed by atoms with Gasteiger partial charge in [-0.25, -0.2) is 0 Å². The Morgan fingerprint density at radius 2 is 0.500 bits per heavy atom. The van der Waals surface area contributed by atoms with Crippen molar-refractivity contribution in [1.82, 2.24) is 0 Å². The minimum atomic E-state index is -0.795. The van der Waals surface area contributed by atoms with Crippen LogP contribution in [0.1, 0.15) is 310 Å². The van der Waals surface area contributed by atoms with Crippen LogP contribution in [0.15, 0.2) is 109 Å². The zero-order chi connectivity index (χ0) is 56.4. The van der Waals surface area contributed by atoms with Crippen LogP contribution in [0.5, 0.6) is 0 Å². The maximum Gasteiger partial charge on any atom is 0.306 e. The molecule has 0 spiro atoms. The van der Waals surface area contributed by atoms with E-state index in [0.29, 0.717) is 19.3 Å². The lowest BCUT2D eigenvalue weighted by Crippen LogP contribution is -2.30. The molecule has 0 N–H and O–H groups in total. The molecule has 6 nitrogen and oxygen atoms in total. The number of hydrogen-bond donors (Lipinski definition) is 0. The van der Waals surface area contributed by atoms with E-state index in [1.807, 2.05) is 0 Å². The van der Waals surface area contributed by atoms with Gasteiger partial charge in [0.1, 0.15) is 13.2 Å². The lowest BCUT2D eigenvalue weighted by atomic mass is 10.0. The first-order valence-corrected chi connectivity index (χ1v) is 32.9. The van der Waals surface area contributed by atoms with Crippen LogP contribution in [0.3, 0.4) is 0 Å². The maximum atomic E-state index is 12.9. The summed E-state index contributed by atoms with van der Waals surface area (Å²) in [5.74, 6) is -0.909. The third kappa shape index (κ3) is 62.9. The molecule has 0 saturated heterocycles. The van der Waals surface area contributed by atoms with Crippen molar-refractivity contribution in [2.45, 2.75) is 316 Å². The Labute approximate surface area is 482 Å². The molecule has 0 aliphatic rings. The van der Waals surface area contributed by atoms with Crippen molar-refractivity contribution in [3.63, 3.8) is 0 Å². The lowest BCUT2D eigenvalue weighted by molar-refractivity contribution is -0.167. The van der Waals surface area contributed by atoms with E-state index in [9.17, 15) is 14.4 Å². The first-order valence-electron chi connectivity index (χ1n) is 32.9. The Hall–Kier alpha value is -3.93. The topological polar surface area (TPSA) is 78.9 Å². The van der Waals surface area contributed by atoms with Crippen LogP contribution < -0.4 is 0 Å². The van der Waals surface area contributed by atoms with Crippen molar-refractivity contribution in [1.29, 1.82) is 0 Å². The Balaban J connectivity index is 4.37. The second-order valence-corrected chi connectivity index (χ2v) is 21.6. The standard InChI is InChI=1S/C72H122O6/c1-4-7-10-13-16-19-22-25-27-29-31-33-35-36-38-39-41-43-45-47-50-53-56-59-62-65-71(74)77-68-69(67-76-70(73)64-61-58-55-52-49-24-21-18-15-12-9-6-3)78-72(75)66-63-60-57-54-51-48-46-44-42-40-37-34-32-30-28-26-23-20-17-14-11-8-5-2/h8,11,17,20,22,25-26,28-29,31-32,34-36,40,42,46,48,69H,4-7,9-10,12-16,18-19,21,23-24,27,30,33,37-39,41,43-45,47,49-68H2,1-3H3/b11-8-,20-17-,25-22-,28-26-,31-29-,34-32-,36-35-,42-40-,48-46-. The van der Waals surface area contributed by atoms with Crippen LogP contribution in [0, 0.1) is 0 Å². The van der Waals surface area contributed by atoms with Gasteiger partial charge in [0.15, 0.2) is 6.10 Å². The van der Waals surface area contributed by atoms with Gasteiger partial charge in [-0.3, -0.25) is 14.4 Å². The zero-order valence-electron chi connectivity index (χ0n) is 51.2. The highest BCUT2D eigenvalue weighted by molar-refractivity contribution is 5.71. The summed E-state index contributed by atoms with van der Waals surface area (Å²) in [5, 5.41) is 0. The van der Waals surface area contributed by atoms with Gasteiger partial charge in [0, 0.05) is 19.3 Å². The molecule has 0 amide bonds. The number of unbranched alkanes of at least 4 members (excludes halogenated alkanes) is 30. The van der Waals surface area contributed by atoms with Crippen molar-refractivity contribution in [2.24, 2.45) is 0 Å². The van der Waals surface area contributed by atoms with Gasteiger partial charge in [0.05, 0.1) is 0 Å². The molecule has 0 saturated carbocycles. The molecule has 0 heterocycles. The molecule has 0 rings (SSSR count). The molecule has 1 atom stereocenters. The van der Waals surface area contributed by atoms with Gasteiger partial charge in [-0.15, -0.1) is 0 Å². The first-order chi connectivity index (χ1) is 38.5. The fraction of sp³-hybridized carbons (Fsp3) is 0.708. The van der Waals surface area contributed by atoms with E-state index in [-0.39, 0.29) is 31.1 Å². The fourth-order valence-corrected chi connectivity index (χ4v) is 9.10. The Morgan fingerprint density at radius 3 is 0.782 bits per heavy atom. The molecule has 0 aromatic rings. The maximum absolute atomic E-state index is 12.9. The summed E-state index contributed by atoms with van der Waals surface area (Å²) in [5.41, 5.74) is 0. The summed E-state index contributed by atoms with van der Waals surface area (Å²) in [6.45, 7) is 6.51. The van der Waals surface area contributed by atoms with Gasteiger partial charge < -0.3 is 14.2 Å². The fourth-order valence-electron chi connectivity index (χ4n) is 9.10. The zero-order valence-corrected chi connectivity index (χ0v) is 51.2. The normalized spacial score (nSPS) is 12.8. The van der Waals surface area contributed by atoms with Crippen LogP contribution in [-0.2, 0) is 28.6 Å². The second kappa shape index (κ2) is 65.6. The van der Waals surface area contributed by atoms with E-state index in [0.717, 1.165) is 122 Å². The summed E-state index contributed by atoms with van der Waals surface area (Å²) in [7, 11) is 0. The molecule has 446 valence electrons. The Kier molecular flexibility index (Phi) is 62.3. The molecular formula is C72H122O6. The molecule has 1 unspecified atom stereocenters. The predicted octanol–water partition coefficient (Wildman–Crippen LogP) is 22.6. The van der Waals surface area contributed by atoms with Gasteiger partial charge in [0.25, 0.3) is 0 Å². The number of hydrogen-bond acceptors (Lipinski definition) is 6. The van der Waals surface area contributed by atoms with Crippen molar-refractivity contribution in [2.75, 3.05) is 13.2 Å². The number of rotatable bonds is 59. The first kappa shape index (κ1) is 74.1. The summed E-state index contributed by atoms with van der Waals surface area (Å²) < 4.78 is 16.9. The SMILES string of the molecule is CC/C=C\C/C=C\C/C=C\C/C=C\C/C=C\C/C=C\CCCCCCC(=O)OC(COC(=O)CCCCCCCCCCCC/C=C\C/C=C\C/C=C\CCCCCCC)COC(=O)CCCCCCCCCCCCCC. The minimum absolute atomic E-state index is 0.0885. The molecule has 6 heteroatoms. The molecule has 0 aromatic carbocycles. The van der Waals surface area contributed by atoms with E-state index >= 15 is 0 Å². The van der Waals surface area contributed by atoms with Crippen molar-refractivity contribution in [3.05, 3.63) is 109 Å². The van der Waals surface area contributed by atoms with E-state index in [2.05, 4.69) is 130 Å². The van der Waals surface area contributed by atoms with Crippen molar-refractivity contribution < 1.29 is 28.6 Å². The van der Waals surface area contributed by atoms with E-state index in [1.165, 1.54) is 148 Å². The molecule has 0 fully saturated rings. The van der Waals surface area contributed by atoms with Crippen molar-refractivity contribution in [3.8, 4) is 0 Å². The second-order valence-electron chi connectivity index (χ2n) is 21.6. The summed E-state index contributed by atoms with van der Waals surface area (Å²) in [6.07, 6.45) is 89.5. The summed E-state index contributed by atoms with van der Waals surface area (Å²) >= 11 is 0. The number of esters is 3. The lowest BCUT2D eigenvalue weighted by Gasteiger charge is -2.18. The number of ether oxygens (including phenoxy) is 3. The third-order valence-electron chi connectivity index (χ3n) is 14.0. The molecule has 0 radical (unpaired) electrons. The van der Waals surface area contributed by atoms with Crippen LogP contribution in [0.4, 0.5) is 0 Å². The quantitative estimate of drug-likeness (QED) is 0.0261. The highest BCUT2D eigenvalue weighted by Gasteiger charge is 2.19. The minimum Gasteiger partial charge on any atom is -0.462 e. The highest BCUT2D eigenvalue weighted by Crippen LogP contribution is 2.16. The van der Waals surface area contributed by atoms with Crippen LogP contribution in [-0.4, -0.2) is 37.2 Å². The van der Waals surface area contributed by atoms with Gasteiger partial charge in [-0.2, -0.15) is 0 Å². The predicted molar refractivity (Wildman–Crippen MR) is 339 cm³/mol. The van der Waals surface area contributed by atoms with Crippen LogP contribution in [0.2, 0.25) is 0 Å². The largest absolute Gasteiger partial charge is 0.462 e. The van der Waals surface area contributed by atoms with Gasteiger partial charge in [0.2, 0.25) is 0 Å². The molecule has 0 aliphatic carbocycles. The Morgan fingerprint density at radius 1 is 0.269 bits per heavy atom. The van der Waals surface area contributed by atoms with E-state index < -0.39 is 6.10 Å². The average molecular weight is 1080 g/mol.